The number of carbonyl (C=O) groups is 1. The van der Waals surface area contributed by atoms with Crippen molar-refractivity contribution < 1.29 is 4.79 Å². The summed E-state index contributed by atoms with van der Waals surface area (Å²) in [6, 6.07) is 12.2. The average molecular weight is 351 g/mol. The molecule has 0 saturated heterocycles. The number of nitrogens with zero attached hydrogens (tertiary/aromatic N) is 2. The van der Waals surface area contributed by atoms with Crippen molar-refractivity contribution in [1.29, 1.82) is 0 Å². The number of aromatic nitrogens is 1. The van der Waals surface area contributed by atoms with Crippen LogP contribution in [0.4, 0.5) is 0 Å². The van der Waals surface area contributed by atoms with Gasteiger partial charge in [0.25, 0.3) is 0 Å². The first-order valence-electron chi connectivity index (χ1n) is 7.88. The van der Waals surface area contributed by atoms with Gasteiger partial charge in [-0.2, -0.15) is 0 Å². The Balaban J connectivity index is 1.78. The quantitative estimate of drug-likeness (QED) is 0.712. The smallest absolute Gasteiger partial charge is 0.240 e. The molecule has 23 heavy (non-hydrogen) atoms. The van der Waals surface area contributed by atoms with Gasteiger partial charge < -0.3 is 9.47 Å². The van der Waals surface area contributed by atoms with Crippen molar-refractivity contribution in [2.75, 3.05) is 0 Å². The van der Waals surface area contributed by atoms with Crippen LogP contribution in [0.15, 0.2) is 42.6 Å². The van der Waals surface area contributed by atoms with E-state index in [9.17, 15) is 4.79 Å². The van der Waals surface area contributed by atoms with E-state index >= 15 is 0 Å². The molecule has 0 spiro atoms. The predicted molar refractivity (Wildman–Crippen MR) is 93.9 cm³/mol. The Morgan fingerprint density at radius 1 is 1.30 bits per heavy atom. The minimum atomic E-state index is -0.484. The van der Waals surface area contributed by atoms with Gasteiger partial charge in [0.05, 0.1) is 6.54 Å². The van der Waals surface area contributed by atoms with E-state index in [1.165, 1.54) is 0 Å². The molecule has 3 rings (SSSR count). The summed E-state index contributed by atoms with van der Waals surface area (Å²) in [5.74, 6) is 0.0136. The van der Waals surface area contributed by atoms with Crippen LogP contribution in [0, 0.1) is 0 Å². The third-order valence-electron chi connectivity index (χ3n) is 4.17. The largest absolute Gasteiger partial charge is 0.345 e. The van der Waals surface area contributed by atoms with Gasteiger partial charge in [-0.25, -0.2) is 0 Å². The van der Waals surface area contributed by atoms with Gasteiger partial charge in [0.1, 0.15) is 5.38 Å². The lowest BCUT2D eigenvalue weighted by atomic mass is 10.2. The molecule has 0 aliphatic heterocycles. The highest BCUT2D eigenvalue weighted by molar-refractivity contribution is 6.31. The van der Waals surface area contributed by atoms with Gasteiger partial charge in [0.2, 0.25) is 5.91 Å². The maximum absolute atomic E-state index is 12.3. The van der Waals surface area contributed by atoms with Crippen molar-refractivity contribution in [2.45, 2.75) is 44.3 Å². The van der Waals surface area contributed by atoms with E-state index in [0.717, 1.165) is 29.1 Å². The Kier molecular flexibility index (Phi) is 4.98. The highest BCUT2D eigenvalue weighted by Gasteiger charge is 2.34. The van der Waals surface area contributed by atoms with Crippen LogP contribution < -0.4 is 0 Å². The molecule has 0 bridgehead atoms. The molecule has 1 fully saturated rings. The Morgan fingerprint density at radius 3 is 2.70 bits per heavy atom. The fourth-order valence-corrected chi connectivity index (χ4v) is 3.05. The first-order valence-corrected chi connectivity index (χ1v) is 8.69. The maximum Gasteiger partial charge on any atom is 0.240 e. The van der Waals surface area contributed by atoms with Gasteiger partial charge >= 0.3 is 0 Å². The van der Waals surface area contributed by atoms with Gasteiger partial charge in [-0.05, 0) is 43.5 Å². The summed E-state index contributed by atoms with van der Waals surface area (Å²) in [7, 11) is 0. The molecule has 1 aromatic carbocycles. The second-order valence-corrected chi connectivity index (χ2v) is 7.09. The summed E-state index contributed by atoms with van der Waals surface area (Å²) in [4.78, 5) is 14.3. The van der Waals surface area contributed by atoms with E-state index in [0.29, 0.717) is 19.1 Å². The van der Waals surface area contributed by atoms with Gasteiger partial charge in [0, 0.05) is 29.5 Å². The molecule has 1 atom stereocenters. The molecule has 3 nitrogen and oxygen atoms in total. The lowest BCUT2D eigenvalue weighted by Gasteiger charge is -2.24. The molecule has 122 valence electrons. The van der Waals surface area contributed by atoms with E-state index in [2.05, 4.69) is 10.6 Å². The van der Waals surface area contributed by atoms with Crippen molar-refractivity contribution in [3.05, 3.63) is 58.9 Å². The number of carbonyl (C=O) groups excluding carboxylic acids is 1. The molecular formula is C18H20Cl2N2O. The lowest BCUT2D eigenvalue weighted by molar-refractivity contribution is -0.131. The first-order chi connectivity index (χ1) is 11.1. The standard InChI is InChI=1S/C18H20Cl2N2O/c1-13(19)18(23)22(15-8-9-15)12-16-6-4-10-21(16)11-14-5-2-3-7-17(14)20/h2-7,10,13,15H,8-9,11-12H2,1H3. The Bertz CT molecular complexity index is 692. The topological polar surface area (TPSA) is 25.2 Å². The number of hydrogen-bond donors (Lipinski definition) is 0. The fraction of sp³-hybridized carbons (Fsp3) is 0.389. The average Bonchev–Trinajstić information content (AvgIpc) is 3.28. The zero-order valence-electron chi connectivity index (χ0n) is 13.1. The molecule has 0 N–H and O–H groups in total. The summed E-state index contributed by atoms with van der Waals surface area (Å²) in [5.41, 5.74) is 2.17. The third kappa shape index (κ3) is 3.91. The fourth-order valence-electron chi connectivity index (χ4n) is 2.73. The molecule has 1 aliphatic rings. The Labute approximate surface area is 146 Å². The normalized spacial score (nSPS) is 15.4. The van der Waals surface area contributed by atoms with Gasteiger partial charge in [-0.15, -0.1) is 11.6 Å². The van der Waals surface area contributed by atoms with Crippen LogP contribution in [0.2, 0.25) is 5.02 Å². The van der Waals surface area contributed by atoms with E-state index < -0.39 is 5.38 Å². The Hall–Kier alpha value is -1.45. The zero-order valence-corrected chi connectivity index (χ0v) is 14.6. The highest BCUT2D eigenvalue weighted by atomic mass is 35.5. The zero-order chi connectivity index (χ0) is 16.4. The molecule has 2 aromatic rings. The van der Waals surface area contributed by atoms with Crippen LogP contribution in [-0.2, 0) is 17.9 Å². The van der Waals surface area contributed by atoms with E-state index in [1.54, 1.807) is 6.92 Å². The van der Waals surface area contributed by atoms with Crippen LogP contribution in [0.25, 0.3) is 0 Å². The molecule has 1 saturated carbocycles. The summed E-state index contributed by atoms with van der Waals surface area (Å²) >= 11 is 12.3. The van der Waals surface area contributed by atoms with Crippen molar-refractivity contribution >= 4 is 29.1 Å². The molecule has 0 radical (unpaired) electrons. The van der Waals surface area contributed by atoms with Gasteiger partial charge in [0.15, 0.2) is 0 Å². The minimum Gasteiger partial charge on any atom is -0.345 e. The Morgan fingerprint density at radius 2 is 2.04 bits per heavy atom. The van der Waals surface area contributed by atoms with E-state index in [1.807, 2.05) is 41.4 Å². The van der Waals surface area contributed by atoms with Crippen LogP contribution in [0.1, 0.15) is 31.0 Å². The van der Waals surface area contributed by atoms with Gasteiger partial charge in [-0.1, -0.05) is 29.8 Å². The predicted octanol–water partition coefficient (Wildman–Crippen LogP) is 4.31. The van der Waals surface area contributed by atoms with Crippen molar-refractivity contribution in [3.63, 3.8) is 0 Å². The number of amides is 1. The minimum absolute atomic E-state index is 0.0136. The van der Waals surface area contributed by atoms with Crippen molar-refractivity contribution in [2.24, 2.45) is 0 Å². The SMILES string of the molecule is CC(Cl)C(=O)N(Cc1cccn1Cc1ccccc1Cl)C1CC1. The first kappa shape index (κ1) is 16.4. The van der Waals surface area contributed by atoms with Gasteiger partial charge in [-0.3, -0.25) is 4.79 Å². The van der Waals surface area contributed by atoms with E-state index in [4.69, 9.17) is 23.2 Å². The van der Waals surface area contributed by atoms with E-state index in [-0.39, 0.29) is 5.91 Å². The monoisotopic (exact) mass is 350 g/mol. The number of alkyl halides is 1. The van der Waals surface area contributed by atoms with Crippen LogP contribution in [0.5, 0.6) is 0 Å². The summed E-state index contributed by atoms with van der Waals surface area (Å²) in [5, 5.41) is 0.277. The van der Waals surface area contributed by atoms with Crippen LogP contribution in [0.3, 0.4) is 0 Å². The molecule has 1 unspecified atom stereocenters. The number of halogens is 2. The lowest BCUT2D eigenvalue weighted by Crippen LogP contribution is -2.37. The molecule has 1 amide bonds. The molecule has 1 aromatic heterocycles. The third-order valence-corrected chi connectivity index (χ3v) is 4.72. The number of benzene rings is 1. The van der Waals surface area contributed by atoms with Crippen LogP contribution >= 0.6 is 23.2 Å². The molecular weight excluding hydrogens is 331 g/mol. The maximum atomic E-state index is 12.3. The van der Waals surface area contributed by atoms with Crippen molar-refractivity contribution in [1.82, 2.24) is 9.47 Å². The molecule has 5 heteroatoms. The summed E-state index contributed by atoms with van der Waals surface area (Å²) in [6.07, 6.45) is 4.17. The summed E-state index contributed by atoms with van der Waals surface area (Å²) in [6.45, 7) is 3.03. The molecule has 1 aliphatic carbocycles. The highest BCUT2D eigenvalue weighted by Crippen LogP contribution is 2.30. The second-order valence-electron chi connectivity index (χ2n) is 6.03. The molecule has 1 heterocycles. The summed E-state index contributed by atoms with van der Waals surface area (Å²) < 4.78 is 2.14. The second kappa shape index (κ2) is 6.98. The number of hydrogen-bond acceptors (Lipinski definition) is 1. The van der Waals surface area contributed by atoms with Crippen molar-refractivity contribution in [3.8, 4) is 0 Å². The van der Waals surface area contributed by atoms with Crippen LogP contribution in [-0.4, -0.2) is 26.8 Å². The number of rotatable bonds is 6.